The Hall–Kier alpha value is -1.09. The maximum Gasteiger partial charge on any atom is 0.253 e. The van der Waals surface area contributed by atoms with Gasteiger partial charge in [0.1, 0.15) is 0 Å². The molecule has 3 heteroatoms. The SMILES string of the molecule is CNC(Cn1cccc(C)c1=O)C(C)(C)C. The van der Waals surface area contributed by atoms with E-state index in [4.69, 9.17) is 0 Å². The second-order valence-electron chi connectivity index (χ2n) is 5.36. The maximum atomic E-state index is 11.9. The Balaban J connectivity index is 2.96. The van der Waals surface area contributed by atoms with Crippen molar-refractivity contribution in [3.05, 3.63) is 34.2 Å². The summed E-state index contributed by atoms with van der Waals surface area (Å²) in [5.74, 6) is 0. The van der Waals surface area contributed by atoms with E-state index in [2.05, 4.69) is 26.1 Å². The van der Waals surface area contributed by atoms with E-state index in [1.807, 2.05) is 32.3 Å². The number of nitrogens with one attached hydrogen (secondary N) is 1. The van der Waals surface area contributed by atoms with Crippen LogP contribution in [-0.4, -0.2) is 17.7 Å². The standard InChI is InChI=1S/C13H22N2O/c1-10-7-6-8-15(12(10)16)9-11(14-5)13(2,3)4/h6-8,11,14H,9H2,1-5H3. The van der Waals surface area contributed by atoms with Gasteiger partial charge in [-0.05, 0) is 25.5 Å². The Labute approximate surface area is 97.5 Å². The maximum absolute atomic E-state index is 11.9. The molecule has 1 aromatic rings. The minimum absolute atomic E-state index is 0.104. The van der Waals surface area contributed by atoms with Crippen molar-refractivity contribution in [3.8, 4) is 0 Å². The molecule has 0 aliphatic carbocycles. The minimum atomic E-state index is 0.104. The van der Waals surface area contributed by atoms with Crippen LogP contribution in [0.4, 0.5) is 0 Å². The first-order valence-electron chi connectivity index (χ1n) is 5.69. The Morgan fingerprint density at radius 3 is 2.56 bits per heavy atom. The summed E-state index contributed by atoms with van der Waals surface area (Å²) in [7, 11) is 1.94. The van der Waals surface area contributed by atoms with Gasteiger partial charge in [-0.1, -0.05) is 26.8 Å². The van der Waals surface area contributed by atoms with Gasteiger partial charge >= 0.3 is 0 Å². The van der Waals surface area contributed by atoms with Crippen LogP contribution in [-0.2, 0) is 6.54 Å². The van der Waals surface area contributed by atoms with E-state index in [9.17, 15) is 4.79 Å². The van der Waals surface area contributed by atoms with Gasteiger partial charge in [-0.3, -0.25) is 4.79 Å². The van der Waals surface area contributed by atoms with Gasteiger partial charge in [0.2, 0.25) is 0 Å². The smallest absolute Gasteiger partial charge is 0.253 e. The summed E-state index contributed by atoms with van der Waals surface area (Å²) in [5, 5.41) is 3.28. The molecule has 1 rings (SSSR count). The lowest BCUT2D eigenvalue weighted by atomic mass is 9.87. The Bertz CT molecular complexity index is 401. The number of aryl methyl sites for hydroxylation is 1. The molecule has 1 unspecified atom stereocenters. The summed E-state index contributed by atoms with van der Waals surface area (Å²) in [6.45, 7) is 9.09. The lowest BCUT2D eigenvalue weighted by Crippen LogP contribution is -2.43. The summed E-state index contributed by atoms with van der Waals surface area (Å²) in [6, 6.07) is 4.06. The lowest BCUT2D eigenvalue weighted by molar-refractivity contribution is 0.252. The van der Waals surface area contributed by atoms with Crippen LogP contribution in [0.3, 0.4) is 0 Å². The topological polar surface area (TPSA) is 34.0 Å². The van der Waals surface area contributed by atoms with Crippen molar-refractivity contribution in [1.29, 1.82) is 0 Å². The largest absolute Gasteiger partial charge is 0.315 e. The van der Waals surface area contributed by atoms with Crippen molar-refractivity contribution in [2.24, 2.45) is 5.41 Å². The van der Waals surface area contributed by atoms with Crippen LogP contribution in [0.2, 0.25) is 0 Å². The van der Waals surface area contributed by atoms with E-state index < -0.39 is 0 Å². The molecular formula is C13H22N2O. The summed E-state index contributed by atoms with van der Waals surface area (Å²) < 4.78 is 1.78. The highest BCUT2D eigenvalue weighted by Gasteiger charge is 2.23. The molecule has 0 saturated carbocycles. The number of pyridine rings is 1. The van der Waals surface area contributed by atoms with Gasteiger partial charge in [0, 0.05) is 24.3 Å². The quantitative estimate of drug-likeness (QED) is 0.846. The average molecular weight is 222 g/mol. The fourth-order valence-corrected chi connectivity index (χ4v) is 1.80. The number of aromatic nitrogens is 1. The third kappa shape index (κ3) is 2.95. The zero-order chi connectivity index (χ0) is 12.3. The normalized spacial score (nSPS) is 13.8. The Morgan fingerprint density at radius 2 is 2.06 bits per heavy atom. The molecule has 0 radical (unpaired) electrons. The molecule has 1 heterocycles. The number of nitrogens with zero attached hydrogens (tertiary/aromatic N) is 1. The van der Waals surface area contributed by atoms with Crippen LogP contribution in [0.5, 0.6) is 0 Å². The van der Waals surface area contributed by atoms with Crippen molar-refractivity contribution in [3.63, 3.8) is 0 Å². The summed E-state index contributed by atoms with van der Waals surface area (Å²) in [4.78, 5) is 11.9. The van der Waals surface area contributed by atoms with Gasteiger partial charge < -0.3 is 9.88 Å². The zero-order valence-corrected chi connectivity index (χ0v) is 10.9. The molecule has 0 fully saturated rings. The molecule has 3 nitrogen and oxygen atoms in total. The minimum Gasteiger partial charge on any atom is -0.315 e. The average Bonchev–Trinajstić information content (AvgIpc) is 2.18. The highest BCUT2D eigenvalue weighted by Crippen LogP contribution is 2.19. The van der Waals surface area contributed by atoms with Crippen molar-refractivity contribution in [1.82, 2.24) is 9.88 Å². The van der Waals surface area contributed by atoms with Gasteiger partial charge in [-0.25, -0.2) is 0 Å². The molecule has 0 spiro atoms. The van der Waals surface area contributed by atoms with E-state index in [-0.39, 0.29) is 17.0 Å². The van der Waals surface area contributed by atoms with Crippen molar-refractivity contribution in [2.45, 2.75) is 40.3 Å². The summed E-state index contributed by atoms with van der Waals surface area (Å²) in [5.41, 5.74) is 1.04. The molecular weight excluding hydrogens is 200 g/mol. The van der Waals surface area contributed by atoms with Crippen LogP contribution < -0.4 is 10.9 Å². The third-order valence-electron chi connectivity index (χ3n) is 2.98. The third-order valence-corrected chi connectivity index (χ3v) is 2.98. The predicted molar refractivity (Wildman–Crippen MR) is 67.7 cm³/mol. The van der Waals surface area contributed by atoms with Gasteiger partial charge in [0.15, 0.2) is 0 Å². The first-order valence-corrected chi connectivity index (χ1v) is 5.69. The number of likely N-dealkylation sites (N-methyl/N-ethyl adjacent to an activating group) is 1. The van der Waals surface area contributed by atoms with Crippen molar-refractivity contribution >= 4 is 0 Å². The molecule has 90 valence electrons. The van der Waals surface area contributed by atoms with Gasteiger partial charge in [0.05, 0.1) is 0 Å². The van der Waals surface area contributed by atoms with E-state index in [0.717, 1.165) is 5.56 Å². The van der Waals surface area contributed by atoms with Crippen LogP contribution in [0.1, 0.15) is 26.3 Å². The molecule has 0 bridgehead atoms. The highest BCUT2D eigenvalue weighted by atomic mass is 16.1. The van der Waals surface area contributed by atoms with Crippen molar-refractivity contribution in [2.75, 3.05) is 7.05 Å². The van der Waals surface area contributed by atoms with E-state index in [1.54, 1.807) is 4.57 Å². The lowest BCUT2D eigenvalue weighted by Gasteiger charge is -2.30. The van der Waals surface area contributed by atoms with Crippen LogP contribution >= 0.6 is 0 Å². The molecule has 1 atom stereocenters. The van der Waals surface area contributed by atoms with Crippen molar-refractivity contribution < 1.29 is 0 Å². The summed E-state index contributed by atoms with van der Waals surface area (Å²) in [6.07, 6.45) is 1.85. The molecule has 0 aliphatic heterocycles. The Kier molecular flexibility index (Phi) is 3.92. The highest BCUT2D eigenvalue weighted by molar-refractivity contribution is 5.07. The van der Waals surface area contributed by atoms with Crippen LogP contribution in [0.15, 0.2) is 23.1 Å². The first kappa shape index (κ1) is 13.0. The van der Waals surface area contributed by atoms with E-state index in [0.29, 0.717) is 6.54 Å². The molecule has 1 aromatic heterocycles. The van der Waals surface area contributed by atoms with Gasteiger partial charge in [-0.15, -0.1) is 0 Å². The van der Waals surface area contributed by atoms with E-state index >= 15 is 0 Å². The fourth-order valence-electron chi connectivity index (χ4n) is 1.80. The van der Waals surface area contributed by atoms with Gasteiger partial charge in [-0.2, -0.15) is 0 Å². The van der Waals surface area contributed by atoms with E-state index in [1.165, 1.54) is 0 Å². The summed E-state index contributed by atoms with van der Waals surface area (Å²) >= 11 is 0. The molecule has 16 heavy (non-hydrogen) atoms. The van der Waals surface area contributed by atoms with Crippen LogP contribution in [0, 0.1) is 12.3 Å². The number of hydrogen-bond donors (Lipinski definition) is 1. The Morgan fingerprint density at radius 1 is 1.44 bits per heavy atom. The predicted octanol–water partition coefficient (Wildman–Crippen LogP) is 1.79. The second kappa shape index (κ2) is 4.83. The van der Waals surface area contributed by atoms with Gasteiger partial charge in [0.25, 0.3) is 5.56 Å². The molecule has 1 N–H and O–H groups in total. The fraction of sp³-hybridized carbons (Fsp3) is 0.615. The van der Waals surface area contributed by atoms with Crippen LogP contribution in [0.25, 0.3) is 0 Å². The second-order valence-corrected chi connectivity index (χ2v) is 5.36. The molecule has 0 amide bonds. The first-order chi connectivity index (χ1) is 7.36. The molecule has 0 saturated heterocycles. The monoisotopic (exact) mass is 222 g/mol. The zero-order valence-electron chi connectivity index (χ0n) is 10.9. The number of hydrogen-bond acceptors (Lipinski definition) is 2. The molecule has 0 aromatic carbocycles. The molecule has 0 aliphatic rings. The number of rotatable bonds is 3.